The molecule has 7 heteroatoms. The molecule has 0 aliphatic heterocycles. The van der Waals surface area contributed by atoms with Crippen molar-refractivity contribution in [2.45, 2.75) is 0 Å². The highest BCUT2D eigenvalue weighted by atomic mass is 35.5. The van der Waals surface area contributed by atoms with Crippen LogP contribution in [0.3, 0.4) is 0 Å². The molecule has 0 bridgehead atoms. The lowest BCUT2D eigenvalue weighted by Gasteiger charge is -2.00. The molecule has 2 N–H and O–H groups in total. The van der Waals surface area contributed by atoms with E-state index in [1.54, 1.807) is 24.3 Å². The highest BCUT2D eigenvalue weighted by Crippen LogP contribution is 2.27. The number of anilines is 2. The van der Waals surface area contributed by atoms with Crippen molar-refractivity contribution in [1.29, 1.82) is 0 Å². The Bertz CT molecular complexity index is 850. The molecule has 0 spiro atoms. The van der Waals surface area contributed by atoms with E-state index in [-0.39, 0.29) is 5.91 Å². The van der Waals surface area contributed by atoms with E-state index < -0.39 is 0 Å². The lowest BCUT2D eigenvalue weighted by atomic mass is 10.2. The molecule has 3 rings (SSSR count). The van der Waals surface area contributed by atoms with Crippen molar-refractivity contribution in [3.8, 4) is 0 Å². The average molecular weight is 357 g/mol. The van der Waals surface area contributed by atoms with Crippen molar-refractivity contribution in [1.82, 2.24) is 10.4 Å². The summed E-state index contributed by atoms with van der Waals surface area (Å²) in [4.78, 5) is 16.8. The number of para-hydroxylation sites is 1. The van der Waals surface area contributed by atoms with Crippen LogP contribution in [0.15, 0.2) is 65.8 Å². The van der Waals surface area contributed by atoms with Crippen molar-refractivity contribution < 1.29 is 4.79 Å². The third kappa shape index (κ3) is 4.18. The summed E-state index contributed by atoms with van der Waals surface area (Å²) in [6.07, 6.45) is 1.48. The minimum atomic E-state index is -0.282. The smallest absolute Gasteiger partial charge is 0.271 e. The maximum absolute atomic E-state index is 11.9. The normalized spacial score (nSPS) is 10.7. The molecular formula is C17H13ClN4OS. The fraction of sp³-hybridized carbons (Fsp3) is 0. The van der Waals surface area contributed by atoms with E-state index in [9.17, 15) is 4.79 Å². The minimum absolute atomic E-state index is 0.282. The fourth-order valence-corrected chi connectivity index (χ4v) is 2.94. The van der Waals surface area contributed by atoms with Gasteiger partial charge in [-0.2, -0.15) is 5.10 Å². The van der Waals surface area contributed by atoms with Crippen LogP contribution < -0.4 is 10.7 Å². The van der Waals surface area contributed by atoms with Gasteiger partial charge in [-0.15, -0.1) is 0 Å². The molecule has 120 valence electrons. The number of thiazole rings is 1. The lowest BCUT2D eigenvalue weighted by molar-refractivity contribution is 0.0955. The van der Waals surface area contributed by atoms with Gasteiger partial charge in [0.15, 0.2) is 10.3 Å². The first kappa shape index (κ1) is 16.2. The zero-order valence-corrected chi connectivity index (χ0v) is 14.0. The Balaban J connectivity index is 1.64. The molecule has 5 nitrogen and oxygen atoms in total. The van der Waals surface area contributed by atoms with Gasteiger partial charge in [0.2, 0.25) is 0 Å². The third-order valence-electron chi connectivity index (χ3n) is 3.02. The van der Waals surface area contributed by atoms with Gasteiger partial charge in [0.05, 0.1) is 11.1 Å². The number of benzene rings is 2. The Morgan fingerprint density at radius 1 is 1.08 bits per heavy atom. The number of hydrogen-bond acceptors (Lipinski definition) is 5. The highest BCUT2D eigenvalue weighted by molar-refractivity contribution is 7.17. The summed E-state index contributed by atoms with van der Waals surface area (Å²) in [6.45, 7) is 0. The molecule has 24 heavy (non-hydrogen) atoms. The number of aromatic nitrogens is 1. The van der Waals surface area contributed by atoms with E-state index in [4.69, 9.17) is 11.6 Å². The molecule has 0 unspecified atom stereocenters. The first-order chi connectivity index (χ1) is 11.7. The number of nitrogens with zero attached hydrogens (tertiary/aromatic N) is 2. The van der Waals surface area contributed by atoms with E-state index in [2.05, 4.69) is 20.8 Å². The molecule has 1 heterocycles. The largest absolute Gasteiger partial charge is 0.331 e. The average Bonchev–Trinajstić information content (AvgIpc) is 2.96. The summed E-state index contributed by atoms with van der Waals surface area (Å²) in [5.74, 6) is -0.282. The summed E-state index contributed by atoms with van der Waals surface area (Å²) in [5, 5.41) is 8.08. The Hall–Kier alpha value is -2.70. The maximum atomic E-state index is 11.9. The van der Waals surface area contributed by atoms with Crippen molar-refractivity contribution >= 4 is 45.9 Å². The zero-order chi connectivity index (χ0) is 16.8. The fourth-order valence-electron chi connectivity index (χ4n) is 1.89. The first-order valence-electron chi connectivity index (χ1n) is 7.09. The van der Waals surface area contributed by atoms with Gasteiger partial charge >= 0.3 is 0 Å². The second-order valence-electron chi connectivity index (χ2n) is 4.73. The van der Waals surface area contributed by atoms with Crippen LogP contribution in [0, 0.1) is 0 Å². The molecule has 0 atom stereocenters. The van der Waals surface area contributed by atoms with Gasteiger partial charge < -0.3 is 5.32 Å². The van der Waals surface area contributed by atoms with E-state index in [0.717, 1.165) is 5.69 Å². The van der Waals surface area contributed by atoms with E-state index in [0.29, 0.717) is 20.7 Å². The van der Waals surface area contributed by atoms with Gasteiger partial charge in [-0.25, -0.2) is 10.4 Å². The number of nitrogens with one attached hydrogen (secondary N) is 2. The van der Waals surface area contributed by atoms with Gasteiger partial charge in [0.1, 0.15) is 0 Å². The number of carbonyl (C=O) groups excluding carboxylic acids is 1. The molecular weight excluding hydrogens is 344 g/mol. The molecule has 0 aliphatic rings. The molecule has 1 amide bonds. The van der Waals surface area contributed by atoms with Crippen LogP contribution in [0.4, 0.5) is 10.8 Å². The zero-order valence-electron chi connectivity index (χ0n) is 12.4. The molecule has 2 aromatic carbocycles. The van der Waals surface area contributed by atoms with Gasteiger partial charge in [-0.1, -0.05) is 59.3 Å². The lowest BCUT2D eigenvalue weighted by Crippen LogP contribution is -2.17. The van der Waals surface area contributed by atoms with Gasteiger partial charge in [-0.05, 0) is 24.3 Å². The molecule has 0 saturated carbocycles. The first-order valence-corrected chi connectivity index (χ1v) is 8.28. The van der Waals surface area contributed by atoms with Crippen LogP contribution in [0.5, 0.6) is 0 Å². The number of carbonyl (C=O) groups is 1. The van der Waals surface area contributed by atoms with Crippen molar-refractivity contribution in [3.05, 3.63) is 76.3 Å². The maximum Gasteiger partial charge on any atom is 0.271 e. The molecule has 0 saturated heterocycles. The standard InChI is InChI=1S/C17H13ClN4OS/c18-15-14(11-19-22-16(23)12-7-3-1-4-8-12)24-17(21-15)20-13-9-5-2-6-10-13/h1-11H,(H,20,21)(H,22,23)/b19-11-. The van der Waals surface area contributed by atoms with Gasteiger partial charge in [0, 0.05) is 11.3 Å². The van der Waals surface area contributed by atoms with Gasteiger partial charge in [-0.3, -0.25) is 4.79 Å². The number of hydrazone groups is 1. The summed E-state index contributed by atoms with van der Waals surface area (Å²) in [5.41, 5.74) is 3.92. The van der Waals surface area contributed by atoms with Gasteiger partial charge in [0.25, 0.3) is 5.91 Å². The second kappa shape index (κ2) is 7.72. The number of rotatable bonds is 5. The summed E-state index contributed by atoms with van der Waals surface area (Å²) >= 11 is 7.45. The topological polar surface area (TPSA) is 66.4 Å². The summed E-state index contributed by atoms with van der Waals surface area (Å²) in [7, 11) is 0. The van der Waals surface area contributed by atoms with Crippen LogP contribution in [0.1, 0.15) is 15.2 Å². The minimum Gasteiger partial charge on any atom is -0.331 e. The Morgan fingerprint density at radius 3 is 2.46 bits per heavy atom. The van der Waals surface area contributed by atoms with Crippen LogP contribution in [-0.2, 0) is 0 Å². The highest BCUT2D eigenvalue weighted by Gasteiger charge is 2.08. The predicted octanol–water partition coefficient (Wildman–Crippen LogP) is 4.30. The van der Waals surface area contributed by atoms with E-state index in [1.165, 1.54) is 17.6 Å². The second-order valence-corrected chi connectivity index (χ2v) is 6.12. The van der Waals surface area contributed by atoms with Crippen molar-refractivity contribution in [3.63, 3.8) is 0 Å². The number of amides is 1. The number of halogens is 1. The summed E-state index contributed by atoms with van der Waals surface area (Å²) < 4.78 is 0. The molecule has 1 aromatic heterocycles. The molecule has 0 aliphatic carbocycles. The van der Waals surface area contributed by atoms with Crippen LogP contribution in [-0.4, -0.2) is 17.1 Å². The summed E-state index contributed by atoms with van der Waals surface area (Å²) in [6, 6.07) is 18.5. The Kier molecular flexibility index (Phi) is 5.20. The Labute approximate surface area is 148 Å². The number of hydrogen-bond donors (Lipinski definition) is 2. The molecule has 0 fully saturated rings. The van der Waals surface area contributed by atoms with Crippen molar-refractivity contribution in [2.24, 2.45) is 5.10 Å². The van der Waals surface area contributed by atoms with Crippen LogP contribution in [0.2, 0.25) is 5.15 Å². The quantitative estimate of drug-likeness (QED) is 0.529. The predicted molar refractivity (Wildman–Crippen MR) is 98.4 cm³/mol. The monoisotopic (exact) mass is 356 g/mol. The molecule has 3 aromatic rings. The SMILES string of the molecule is O=C(N/N=C\c1sc(Nc2ccccc2)nc1Cl)c1ccccc1. The molecule has 0 radical (unpaired) electrons. The third-order valence-corrected chi connectivity index (χ3v) is 4.32. The van der Waals surface area contributed by atoms with E-state index >= 15 is 0 Å². The van der Waals surface area contributed by atoms with Crippen molar-refractivity contribution in [2.75, 3.05) is 5.32 Å². The van der Waals surface area contributed by atoms with Crippen LogP contribution >= 0.6 is 22.9 Å². The Morgan fingerprint density at radius 2 is 1.75 bits per heavy atom. The van der Waals surface area contributed by atoms with E-state index in [1.807, 2.05) is 36.4 Å². The van der Waals surface area contributed by atoms with Crippen LogP contribution in [0.25, 0.3) is 0 Å².